The van der Waals surface area contributed by atoms with Crippen molar-refractivity contribution in [3.05, 3.63) is 196 Å². The van der Waals surface area contributed by atoms with Gasteiger partial charge in [0.25, 0.3) is 0 Å². The number of carbonyl (C=O) groups is 3. The minimum absolute atomic E-state index is 0.0788. The quantitative estimate of drug-likeness (QED) is 0.0710. The van der Waals surface area contributed by atoms with Gasteiger partial charge in [0.2, 0.25) is 16.6 Å². The van der Waals surface area contributed by atoms with Crippen molar-refractivity contribution >= 4 is 34.0 Å². The number of Topliss-reactive ketones (excluding diaryl/α,β-unsaturated/α-hetero) is 3. The van der Waals surface area contributed by atoms with E-state index in [1.165, 1.54) is 22.3 Å². The minimum atomic E-state index is -1.91. The van der Waals surface area contributed by atoms with Crippen LogP contribution in [-0.2, 0) is 0 Å². The molecule has 85 heavy (non-hydrogen) atoms. The Morgan fingerprint density at radius 1 is 0.424 bits per heavy atom. The summed E-state index contributed by atoms with van der Waals surface area (Å²) < 4.78 is 13.2. The van der Waals surface area contributed by atoms with Gasteiger partial charge < -0.3 is 29.1 Å². The number of likely N-dealkylation sites (N-methyl/N-ethyl adjacent to an activating group) is 2. The molecule has 0 radical (unpaired) electrons. The number of nitrogens with one attached hydrogen (secondary N) is 1. The average Bonchev–Trinajstić information content (AvgIpc) is 3.52. The van der Waals surface area contributed by atoms with Crippen LogP contribution >= 0.6 is 0 Å². The molecule has 456 valence electrons. The molecule has 3 heterocycles. The topological polar surface area (TPSA) is 118 Å². The summed E-state index contributed by atoms with van der Waals surface area (Å²) in [7, 11) is 0.511. The Morgan fingerprint density at radius 2 is 0.718 bits per heavy atom. The average molecular weight is 1190 g/mol. The van der Waals surface area contributed by atoms with Crippen molar-refractivity contribution < 1.29 is 28.3 Å². The van der Waals surface area contributed by atoms with Gasteiger partial charge in [-0.1, -0.05) is 151 Å². The van der Waals surface area contributed by atoms with E-state index in [1.54, 1.807) is 26.8 Å². The molecule has 0 aromatic heterocycles. The molecular weight excluding hydrogens is 1090 g/mol. The van der Waals surface area contributed by atoms with Crippen molar-refractivity contribution in [1.82, 2.24) is 29.8 Å². The van der Waals surface area contributed by atoms with Crippen LogP contribution in [0.25, 0.3) is 0 Å². The lowest BCUT2D eigenvalue weighted by atomic mass is 9.95. The Morgan fingerprint density at radius 3 is 1.01 bits per heavy atom. The van der Waals surface area contributed by atoms with Gasteiger partial charge in [-0.2, -0.15) is 0 Å². The zero-order valence-electron chi connectivity index (χ0n) is 53.8. The van der Waals surface area contributed by atoms with Crippen LogP contribution in [0.2, 0.25) is 36.3 Å². The molecule has 0 bridgehead atoms. The molecule has 0 amide bonds. The maximum Gasteiger partial charge on any atom is 0.250 e. The molecule has 6 aromatic carbocycles. The smallest absolute Gasteiger partial charge is 0.250 e. The first-order valence-corrected chi connectivity index (χ1v) is 36.4. The lowest BCUT2D eigenvalue weighted by Gasteiger charge is -2.39. The largest absolute Gasteiger partial charge is 0.543 e. The summed E-state index contributed by atoms with van der Waals surface area (Å²) in [5.41, 5.74) is 9.39. The minimum Gasteiger partial charge on any atom is -0.543 e. The molecule has 6 aromatic rings. The SMILES string of the molecule is CC(=O)c1ccc(C(c2cccc(O)c2)N2CCN(C)CC2)cc1.CC(=O)c1ccc(C(c2cccc(O[Si](C)(C)C(C)(C)C)c2)N2CCN(C)CC2)cc1.CC(=O)c1ccc(C(c2cccc(O[Si](C)(C)C(C)(C)C)c2)N2CCNCC2)cc1. The fourth-order valence-electron chi connectivity index (χ4n) is 10.7. The molecule has 9 rings (SSSR count). The molecule has 3 saturated heterocycles. The number of benzene rings is 6. The highest BCUT2D eigenvalue weighted by molar-refractivity contribution is 6.75. The summed E-state index contributed by atoms with van der Waals surface area (Å²) in [5.74, 6) is 2.49. The number of hydrogen-bond donors (Lipinski definition) is 2. The van der Waals surface area contributed by atoms with E-state index in [2.05, 4.69) is 191 Å². The first-order valence-electron chi connectivity index (χ1n) is 30.6. The number of aromatic hydroxyl groups is 1. The van der Waals surface area contributed by atoms with Gasteiger partial charge >= 0.3 is 0 Å². The summed E-state index contributed by atoms with van der Waals surface area (Å²) in [5, 5.41) is 13.7. The highest BCUT2D eigenvalue weighted by atomic mass is 28.4. The number of phenols is 1. The van der Waals surface area contributed by atoms with E-state index in [0.29, 0.717) is 0 Å². The highest BCUT2D eigenvalue weighted by Crippen LogP contribution is 2.41. The predicted molar refractivity (Wildman–Crippen MR) is 354 cm³/mol. The second kappa shape index (κ2) is 29.1. The lowest BCUT2D eigenvalue weighted by Crippen LogP contribution is -2.46. The monoisotopic (exact) mass is 1190 g/mol. The Bertz CT molecular complexity index is 3130. The van der Waals surface area contributed by atoms with Crippen LogP contribution in [0.4, 0.5) is 0 Å². The Hall–Kier alpha value is -6.08. The second-order valence-corrected chi connectivity index (χ2v) is 36.1. The molecule has 14 heteroatoms. The maximum atomic E-state index is 11.8. The third-order valence-electron chi connectivity index (χ3n) is 18.1. The van der Waals surface area contributed by atoms with E-state index in [9.17, 15) is 19.5 Å². The molecule has 0 aliphatic carbocycles. The first kappa shape index (κ1) is 66.4. The van der Waals surface area contributed by atoms with Gasteiger partial charge in [-0.15, -0.1) is 0 Å². The zero-order chi connectivity index (χ0) is 61.9. The van der Waals surface area contributed by atoms with Crippen molar-refractivity contribution in [2.45, 2.75) is 117 Å². The fourth-order valence-corrected chi connectivity index (χ4v) is 12.8. The number of rotatable bonds is 16. The standard InChI is InChI=1S/C26H38N2O2Si.C25H36N2O2Si.C20H24N2O2/c1-20(29)21-11-13-22(14-12-21)25(28-17-15-27(5)16-18-28)23-9-8-10-24(19-23)30-31(6,7)26(2,3)4;1-19(28)20-10-12-21(13-11-20)24(27-16-14-26-15-17-27)22-8-7-9-23(18-22)29-30(5,6)25(2,3)4;1-15(23)16-6-8-17(9-7-16)20(18-4-3-5-19(24)14-18)22-12-10-21(2)11-13-22/h8-14,19,25H,15-18H2,1-7H3;7-13,18,24,26H,14-17H2,1-6H3;3-9,14,20,24H,10-13H2,1-2H3. The van der Waals surface area contributed by atoms with Crippen molar-refractivity contribution in [2.75, 3.05) is 92.6 Å². The first-order chi connectivity index (χ1) is 40.1. The van der Waals surface area contributed by atoms with Gasteiger partial charge in [-0.3, -0.25) is 29.1 Å². The summed E-state index contributed by atoms with van der Waals surface area (Å²) in [6.07, 6.45) is 0. The van der Waals surface area contributed by atoms with E-state index in [-0.39, 0.29) is 51.3 Å². The van der Waals surface area contributed by atoms with E-state index in [4.69, 9.17) is 8.85 Å². The number of carbonyl (C=O) groups excluding carboxylic acids is 3. The molecule has 0 saturated carbocycles. The molecule has 3 fully saturated rings. The van der Waals surface area contributed by atoms with Crippen LogP contribution in [0, 0.1) is 0 Å². The van der Waals surface area contributed by atoms with Gasteiger partial charge in [0.1, 0.15) is 17.2 Å². The number of nitrogens with zero attached hydrogens (tertiary/aromatic N) is 5. The molecular formula is C71H98N6O6Si2. The van der Waals surface area contributed by atoms with Crippen molar-refractivity contribution in [3.8, 4) is 17.2 Å². The van der Waals surface area contributed by atoms with Crippen LogP contribution in [0.15, 0.2) is 146 Å². The van der Waals surface area contributed by atoms with Crippen LogP contribution in [0.5, 0.6) is 17.2 Å². The lowest BCUT2D eigenvalue weighted by molar-refractivity contribution is 0.100. The van der Waals surface area contributed by atoms with Crippen LogP contribution in [0.3, 0.4) is 0 Å². The van der Waals surface area contributed by atoms with Gasteiger partial charge in [0, 0.05) is 95.2 Å². The maximum absolute atomic E-state index is 11.8. The Balaban J connectivity index is 0.000000184. The van der Waals surface area contributed by atoms with Crippen molar-refractivity contribution in [2.24, 2.45) is 0 Å². The number of hydrogen-bond acceptors (Lipinski definition) is 12. The van der Waals surface area contributed by atoms with E-state index in [0.717, 1.165) is 118 Å². The predicted octanol–water partition coefficient (Wildman–Crippen LogP) is 13.8. The molecule has 2 N–H and O–H groups in total. The molecule has 3 aliphatic rings. The Kier molecular flexibility index (Phi) is 22.7. The molecule has 12 nitrogen and oxygen atoms in total. The zero-order valence-corrected chi connectivity index (χ0v) is 55.8. The highest BCUT2D eigenvalue weighted by Gasteiger charge is 2.40. The Labute approximate surface area is 511 Å². The van der Waals surface area contributed by atoms with Gasteiger partial charge in [0.05, 0.1) is 18.1 Å². The van der Waals surface area contributed by atoms with E-state index >= 15 is 0 Å². The molecule has 3 aliphatic heterocycles. The van der Waals surface area contributed by atoms with Crippen molar-refractivity contribution in [3.63, 3.8) is 0 Å². The van der Waals surface area contributed by atoms with Crippen molar-refractivity contribution in [1.29, 1.82) is 0 Å². The number of piperazine rings is 3. The van der Waals surface area contributed by atoms with Gasteiger partial charge in [0.15, 0.2) is 17.3 Å². The van der Waals surface area contributed by atoms with Crippen LogP contribution in [0.1, 0.15) is 145 Å². The summed E-state index contributed by atoms with van der Waals surface area (Å²) in [6, 6.07) is 49.2. The van der Waals surface area contributed by atoms with E-state index in [1.807, 2.05) is 60.7 Å². The van der Waals surface area contributed by atoms with Crippen LogP contribution in [-0.4, -0.2) is 156 Å². The van der Waals surface area contributed by atoms with Gasteiger partial charge in [-0.05, 0) is 141 Å². The molecule has 3 atom stereocenters. The molecule has 3 unspecified atom stereocenters. The normalized spacial score (nSPS) is 17.3. The number of ketones is 3. The number of phenolic OH excluding ortho intramolecular Hbond substituents is 1. The second-order valence-electron chi connectivity index (χ2n) is 26.7. The van der Waals surface area contributed by atoms with Gasteiger partial charge in [-0.25, -0.2) is 0 Å². The fraction of sp³-hybridized carbons (Fsp3) is 0.451. The summed E-state index contributed by atoms with van der Waals surface area (Å²) >= 11 is 0. The third-order valence-corrected chi connectivity index (χ3v) is 26.8. The third kappa shape index (κ3) is 18.0. The van der Waals surface area contributed by atoms with E-state index < -0.39 is 16.6 Å². The van der Waals surface area contributed by atoms with Crippen LogP contribution < -0.4 is 14.2 Å². The summed E-state index contributed by atoms with van der Waals surface area (Å²) in [4.78, 5) is 47.2. The summed E-state index contributed by atoms with van der Waals surface area (Å²) in [6.45, 7) is 39.7. The molecule has 0 spiro atoms.